The molecule has 0 bridgehead atoms. The number of benzene rings is 3. The summed E-state index contributed by atoms with van der Waals surface area (Å²) in [6.45, 7) is 7.36. The lowest BCUT2D eigenvalue weighted by molar-refractivity contribution is 0.0378. The fourth-order valence-corrected chi connectivity index (χ4v) is 4.10. The van der Waals surface area contributed by atoms with Gasteiger partial charge in [0.2, 0.25) is 0 Å². The van der Waals surface area contributed by atoms with Gasteiger partial charge in [-0.3, -0.25) is 0 Å². The molecule has 3 aromatic carbocycles. The summed E-state index contributed by atoms with van der Waals surface area (Å²) in [6, 6.07) is 20.6. The molecule has 0 saturated heterocycles. The summed E-state index contributed by atoms with van der Waals surface area (Å²) in [5.41, 5.74) is 2.75. The van der Waals surface area contributed by atoms with E-state index in [0.29, 0.717) is 5.56 Å². The molecule has 0 amide bonds. The van der Waals surface area contributed by atoms with Gasteiger partial charge in [-0.25, -0.2) is 4.79 Å². The molecule has 1 aliphatic heterocycles. The van der Waals surface area contributed by atoms with Gasteiger partial charge in [-0.05, 0) is 55.3 Å². The number of anilines is 1. The third-order valence-electron chi connectivity index (χ3n) is 5.66. The number of ether oxygens (including phenoxy) is 2. The highest BCUT2D eigenvalue weighted by Gasteiger charge is 2.25. The lowest BCUT2D eigenvalue weighted by Crippen LogP contribution is -2.44. The fraction of sp³-hybridized carbons (Fsp3) is 0.346. The van der Waals surface area contributed by atoms with Crippen LogP contribution in [0, 0.1) is 0 Å². The van der Waals surface area contributed by atoms with E-state index in [1.807, 2.05) is 33.0 Å². The van der Waals surface area contributed by atoms with Crippen LogP contribution in [0.25, 0.3) is 10.8 Å². The van der Waals surface area contributed by atoms with Gasteiger partial charge < -0.3 is 19.7 Å². The second-order valence-corrected chi connectivity index (χ2v) is 8.46. The van der Waals surface area contributed by atoms with Gasteiger partial charge in [0, 0.05) is 19.6 Å². The molecular formula is C26H30N2O3. The zero-order valence-electron chi connectivity index (χ0n) is 18.6. The molecule has 5 nitrogen and oxygen atoms in total. The number of fused-ring (bicyclic) bond motifs is 2. The second-order valence-electron chi connectivity index (χ2n) is 8.46. The van der Waals surface area contributed by atoms with Crippen molar-refractivity contribution in [3.8, 4) is 5.75 Å². The minimum absolute atomic E-state index is 0.0170. The number of rotatable bonds is 6. The Hall–Kier alpha value is -3.05. The van der Waals surface area contributed by atoms with E-state index in [1.165, 1.54) is 16.3 Å². The fourth-order valence-electron chi connectivity index (χ4n) is 4.10. The van der Waals surface area contributed by atoms with Crippen molar-refractivity contribution in [2.45, 2.75) is 39.0 Å². The van der Waals surface area contributed by atoms with Crippen molar-refractivity contribution < 1.29 is 14.3 Å². The number of hydrogen-bond donors (Lipinski definition) is 1. The molecule has 31 heavy (non-hydrogen) atoms. The smallest absolute Gasteiger partial charge is 0.338 e. The zero-order valence-corrected chi connectivity index (χ0v) is 18.6. The molecule has 5 heteroatoms. The number of carbonyl (C=O) groups is 1. The summed E-state index contributed by atoms with van der Waals surface area (Å²) < 4.78 is 11.5. The van der Waals surface area contributed by atoms with Gasteiger partial charge in [0.25, 0.3) is 0 Å². The van der Waals surface area contributed by atoms with E-state index in [4.69, 9.17) is 9.47 Å². The van der Waals surface area contributed by atoms with E-state index >= 15 is 0 Å². The van der Waals surface area contributed by atoms with Crippen LogP contribution in [0.3, 0.4) is 0 Å². The van der Waals surface area contributed by atoms with Crippen LogP contribution in [0.1, 0.15) is 42.7 Å². The maximum absolute atomic E-state index is 12.2. The number of carbonyl (C=O) groups excluding carboxylic acids is 1. The number of likely N-dealkylation sites (N-methyl/N-ethyl adjacent to an activating group) is 1. The third kappa shape index (κ3) is 4.67. The Labute approximate surface area is 184 Å². The monoisotopic (exact) mass is 418 g/mol. The first kappa shape index (κ1) is 21.2. The first-order chi connectivity index (χ1) is 14.9. The van der Waals surface area contributed by atoms with Crippen LogP contribution >= 0.6 is 0 Å². The maximum atomic E-state index is 12.2. The van der Waals surface area contributed by atoms with Crippen LogP contribution in [0.15, 0.2) is 60.7 Å². The minimum Gasteiger partial charge on any atom is -0.485 e. The van der Waals surface area contributed by atoms with E-state index in [0.717, 1.165) is 24.5 Å². The molecule has 0 radical (unpaired) electrons. The average molecular weight is 419 g/mol. The van der Waals surface area contributed by atoms with Crippen molar-refractivity contribution in [2.24, 2.45) is 0 Å². The van der Waals surface area contributed by atoms with E-state index in [2.05, 4.69) is 59.6 Å². The number of esters is 1. The first-order valence-corrected chi connectivity index (χ1v) is 10.9. The number of nitrogens with one attached hydrogen (secondary N) is 1. The van der Waals surface area contributed by atoms with Gasteiger partial charge in [-0.2, -0.15) is 0 Å². The van der Waals surface area contributed by atoms with Crippen LogP contribution in [-0.2, 0) is 4.74 Å². The molecule has 0 fully saturated rings. The van der Waals surface area contributed by atoms with Crippen LogP contribution in [0.2, 0.25) is 0 Å². The summed E-state index contributed by atoms with van der Waals surface area (Å²) in [6.07, 6.45) is -0.125. The van der Waals surface area contributed by atoms with E-state index in [1.54, 1.807) is 6.07 Å². The van der Waals surface area contributed by atoms with Crippen molar-refractivity contribution in [2.75, 3.05) is 25.0 Å². The molecule has 1 unspecified atom stereocenters. The molecule has 162 valence electrons. The highest BCUT2D eigenvalue weighted by atomic mass is 16.5. The Balaban J connectivity index is 1.43. The molecule has 1 heterocycles. The molecule has 1 N–H and O–H groups in total. The molecule has 0 aromatic heterocycles. The van der Waals surface area contributed by atoms with Crippen LogP contribution in [-0.4, -0.2) is 38.3 Å². The standard InChI is InChI=1S/C26H30N2O3/c1-17(2)30-26(29)20-12-13-25-24(14-20)28(4)16-21(31-25)15-27-18(3)22-11-7-9-19-8-5-6-10-23(19)22/h5-14,17-18,21,27H,15-16H2,1-4H3/t18-,21?/m1/s1. The largest absolute Gasteiger partial charge is 0.485 e. The van der Waals surface area contributed by atoms with Gasteiger partial charge in [0.15, 0.2) is 0 Å². The molecular weight excluding hydrogens is 388 g/mol. The highest BCUT2D eigenvalue weighted by Crippen LogP contribution is 2.34. The van der Waals surface area contributed by atoms with Gasteiger partial charge in [-0.1, -0.05) is 42.5 Å². The van der Waals surface area contributed by atoms with Gasteiger partial charge in [0.05, 0.1) is 23.9 Å². The van der Waals surface area contributed by atoms with E-state index < -0.39 is 0 Å². The lowest BCUT2D eigenvalue weighted by atomic mass is 9.99. The molecule has 4 rings (SSSR count). The van der Waals surface area contributed by atoms with Gasteiger partial charge in [0.1, 0.15) is 11.9 Å². The normalized spacial score (nSPS) is 16.7. The lowest BCUT2D eigenvalue weighted by Gasteiger charge is -2.34. The van der Waals surface area contributed by atoms with Gasteiger partial charge >= 0.3 is 5.97 Å². The van der Waals surface area contributed by atoms with Crippen molar-refractivity contribution >= 4 is 22.4 Å². The summed E-state index contributed by atoms with van der Waals surface area (Å²) in [7, 11) is 2.03. The molecule has 0 saturated carbocycles. The SMILES string of the molecule is CC(C)OC(=O)c1ccc2c(c1)N(C)CC(CN[C@H](C)c1cccc3ccccc13)O2. The van der Waals surface area contributed by atoms with E-state index in [-0.39, 0.29) is 24.2 Å². The average Bonchev–Trinajstić information content (AvgIpc) is 2.76. The Morgan fingerprint density at radius 2 is 1.90 bits per heavy atom. The molecule has 0 spiro atoms. The maximum Gasteiger partial charge on any atom is 0.338 e. The van der Waals surface area contributed by atoms with Crippen molar-refractivity contribution in [3.05, 3.63) is 71.8 Å². The summed E-state index contributed by atoms with van der Waals surface area (Å²) in [4.78, 5) is 14.4. The predicted molar refractivity (Wildman–Crippen MR) is 125 cm³/mol. The number of nitrogens with zero attached hydrogens (tertiary/aromatic N) is 1. The minimum atomic E-state index is -0.307. The highest BCUT2D eigenvalue weighted by molar-refractivity contribution is 5.91. The molecule has 0 aliphatic carbocycles. The third-order valence-corrected chi connectivity index (χ3v) is 5.66. The topological polar surface area (TPSA) is 50.8 Å². The molecule has 2 atom stereocenters. The van der Waals surface area contributed by atoms with Crippen LogP contribution in [0.5, 0.6) is 5.75 Å². The summed E-state index contributed by atoms with van der Waals surface area (Å²) >= 11 is 0. The Morgan fingerprint density at radius 1 is 1.13 bits per heavy atom. The van der Waals surface area contributed by atoms with Crippen LogP contribution in [0.4, 0.5) is 5.69 Å². The van der Waals surface area contributed by atoms with Crippen molar-refractivity contribution in [1.29, 1.82) is 0 Å². The Bertz CT molecular complexity index is 1070. The Kier molecular flexibility index (Phi) is 6.14. The second kappa shape index (κ2) is 8.98. The van der Waals surface area contributed by atoms with Crippen molar-refractivity contribution in [3.63, 3.8) is 0 Å². The Morgan fingerprint density at radius 3 is 2.71 bits per heavy atom. The summed E-state index contributed by atoms with van der Waals surface area (Å²) in [5, 5.41) is 6.17. The van der Waals surface area contributed by atoms with E-state index in [9.17, 15) is 4.79 Å². The first-order valence-electron chi connectivity index (χ1n) is 10.9. The molecule has 1 aliphatic rings. The zero-order chi connectivity index (χ0) is 22.0. The quantitative estimate of drug-likeness (QED) is 0.574. The van der Waals surface area contributed by atoms with Crippen molar-refractivity contribution in [1.82, 2.24) is 5.32 Å². The predicted octanol–water partition coefficient (Wildman–Crippen LogP) is 4.95. The van der Waals surface area contributed by atoms with Gasteiger partial charge in [-0.15, -0.1) is 0 Å². The van der Waals surface area contributed by atoms with Crippen LogP contribution < -0.4 is 15.0 Å². The number of hydrogen-bond acceptors (Lipinski definition) is 5. The molecule has 3 aromatic rings. The summed E-state index contributed by atoms with van der Waals surface area (Å²) in [5.74, 6) is 0.485.